The SMILES string of the molecule is CC(C)(C)OC(=O)C1(Oc2ccc(NC(=O)[C@@H](c3c4c(nn3-c3ccc(Cl)cc3)CCCC4)C3CCCCC3)c(F)c2)CC1. The molecule has 0 unspecified atom stereocenters. The van der Waals surface area contributed by atoms with Crippen molar-refractivity contribution in [2.24, 2.45) is 5.92 Å². The van der Waals surface area contributed by atoms with Gasteiger partial charge in [0.1, 0.15) is 17.2 Å². The average Bonchev–Trinajstić information content (AvgIpc) is 3.68. The number of hydrogen-bond acceptors (Lipinski definition) is 5. The first-order chi connectivity index (χ1) is 21.0. The molecule has 1 atom stereocenters. The summed E-state index contributed by atoms with van der Waals surface area (Å²) in [5.74, 6) is -1.45. The van der Waals surface area contributed by atoms with Gasteiger partial charge in [0.05, 0.1) is 28.7 Å². The first kappa shape index (κ1) is 30.6. The molecule has 6 rings (SSSR count). The number of nitrogens with zero attached hydrogens (tertiary/aromatic N) is 2. The molecular weight excluding hydrogens is 581 g/mol. The summed E-state index contributed by atoms with van der Waals surface area (Å²) in [6, 6.07) is 11.9. The molecule has 2 fully saturated rings. The van der Waals surface area contributed by atoms with E-state index in [1.807, 2.05) is 28.9 Å². The minimum absolute atomic E-state index is 0.0803. The van der Waals surface area contributed by atoms with Crippen LogP contribution in [-0.2, 0) is 27.2 Å². The number of benzene rings is 2. The van der Waals surface area contributed by atoms with Gasteiger partial charge in [0.25, 0.3) is 0 Å². The second-order valence-electron chi connectivity index (χ2n) is 13.5. The molecule has 2 aromatic carbocycles. The predicted octanol–water partition coefficient (Wildman–Crippen LogP) is 8.10. The van der Waals surface area contributed by atoms with Crippen LogP contribution in [0.1, 0.15) is 101 Å². The largest absolute Gasteiger partial charge is 0.475 e. The van der Waals surface area contributed by atoms with Crippen LogP contribution in [0.5, 0.6) is 5.75 Å². The number of carbonyl (C=O) groups excluding carboxylic acids is 2. The molecule has 7 nitrogen and oxygen atoms in total. The number of aryl methyl sites for hydroxylation is 1. The van der Waals surface area contributed by atoms with Gasteiger partial charge in [-0.05, 0) is 107 Å². The van der Waals surface area contributed by atoms with Crippen molar-refractivity contribution in [3.05, 3.63) is 70.3 Å². The van der Waals surface area contributed by atoms with Gasteiger partial charge in [0, 0.05) is 23.9 Å². The number of esters is 1. The maximum atomic E-state index is 15.5. The van der Waals surface area contributed by atoms with Crippen LogP contribution in [0, 0.1) is 11.7 Å². The van der Waals surface area contributed by atoms with Gasteiger partial charge in [-0.15, -0.1) is 0 Å². The molecule has 1 aromatic heterocycles. The number of nitrogens with one attached hydrogen (secondary N) is 1. The van der Waals surface area contributed by atoms with Gasteiger partial charge in [-0.25, -0.2) is 13.9 Å². The van der Waals surface area contributed by atoms with E-state index in [1.54, 1.807) is 26.8 Å². The van der Waals surface area contributed by atoms with E-state index in [4.69, 9.17) is 26.2 Å². The van der Waals surface area contributed by atoms with E-state index in [1.165, 1.54) is 12.1 Å². The molecule has 1 amide bonds. The maximum Gasteiger partial charge on any atom is 0.351 e. The zero-order valence-corrected chi connectivity index (χ0v) is 26.5. The summed E-state index contributed by atoms with van der Waals surface area (Å²) >= 11 is 6.21. The van der Waals surface area contributed by atoms with Gasteiger partial charge in [-0.2, -0.15) is 5.10 Å². The Kier molecular flexibility index (Phi) is 8.48. The number of hydrogen-bond donors (Lipinski definition) is 1. The number of aromatic nitrogens is 2. The summed E-state index contributed by atoms with van der Waals surface area (Å²) in [5.41, 5.74) is 2.32. The predicted molar refractivity (Wildman–Crippen MR) is 168 cm³/mol. The van der Waals surface area contributed by atoms with Crippen LogP contribution >= 0.6 is 11.6 Å². The molecule has 0 spiro atoms. The number of anilines is 1. The molecule has 0 saturated heterocycles. The third-order valence-electron chi connectivity index (χ3n) is 8.95. The van der Waals surface area contributed by atoms with Crippen LogP contribution in [0.25, 0.3) is 5.69 Å². The van der Waals surface area contributed by atoms with Gasteiger partial charge < -0.3 is 14.8 Å². The maximum absolute atomic E-state index is 15.5. The van der Waals surface area contributed by atoms with Gasteiger partial charge in [-0.3, -0.25) is 4.79 Å². The Labute approximate surface area is 263 Å². The van der Waals surface area contributed by atoms with E-state index < -0.39 is 28.9 Å². The molecular formula is C35H41ClFN3O4. The zero-order valence-electron chi connectivity index (χ0n) is 25.8. The van der Waals surface area contributed by atoms with E-state index in [0.717, 1.165) is 80.4 Å². The molecule has 2 saturated carbocycles. The average molecular weight is 622 g/mol. The van der Waals surface area contributed by atoms with Crippen LogP contribution in [0.2, 0.25) is 5.02 Å². The third kappa shape index (κ3) is 6.51. The Morgan fingerprint density at radius 3 is 2.39 bits per heavy atom. The van der Waals surface area contributed by atoms with Crippen molar-refractivity contribution in [3.63, 3.8) is 0 Å². The summed E-state index contributed by atoms with van der Waals surface area (Å²) < 4.78 is 28.9. The van der Waals surface area contributed by atoms with Gasteiger partial charge >= 0.3 is 5.97 Å². The lowest BCUT2D eigenvalue weighted by atomic mass is 9.76. The number of rotatable bonds is 8. The van der Waals surface area contributed by atoms with E-state index in [2.05, 4.69) is 5.32 Å². The molecule has 234 valence electrons. The molecule has 3 aliphatic carbocycles. The smallest absolute Gasteiger partial charge is 0.351 e. The molecule has 9 heteroatoms. The Balaban J connectivity index is 1.29. The third-order valence-corrected chi connectivity index (χ3v) is 9.20. The Bertz CT molecular complexity index is 1530. The summed E-state index contributed by atoms with van der Waals surface area (Å²) in [6.45, 7) is 5.41. The second-order valence-corrected chi connectivity index (χ2v) is 13.9. The van der Waals surface area contributed by atoms with Crippen molar-refractivity contribution < 1.29 is 23.5 Å². The minimum Gasteiger partial charge on any atom is -0.475 e. The van der Waals surface area contributed by atoms with Crippen molar-refractivity contribution in [1.82, 2.24) is 9.78 Å². The number of ether oxygens (including phenoxy) is 2. The van der Waals surface area contributed by atoms with Crippen LogP contribution in [0.3, 0.4) is 0 Å². The Morgan fingerprint density at radius 2 is 1.73 bits per heavy atom. The molecule has 1 N–H and O–H groups in total. The summed E-state index contributed by atoms with van der Waals surface area (Å²) in [6.07, 6.45) is 10.0. The van der Waals surface area contributed by atoms with Gasteiger partial charge in [0.15, 0.2) is 0 Å². The second kappa shape index (κ2) is 12.2. The van der Waals surface area contributed by atoms with Crippen molar-refractivity contribution in [1.29, 1.82) is 0 Å². The van der Waals surface area contributed by atoms with E-state index >= 15 is 4.39 Å². The number of carbonyl (C=O) groups is 2. The molecule has 3 aromatic rings. The quantitative estimate of drug-likeness (QED) is 0.257. The molecule has 44 heavy (non-hydrogen) atoms. The fourth-order valence-electron chi connectivity index (χ4n) is 6.63. The highest BCUT2D eigenvalue weighted by Crippen LogP contribution is 2.44. The minimum atomic E-state index is -1.09. The highest BCUT2D eigenvalue weighted by molar-refractivity contribution is 6.30. The molecule has 0 aliphatic heterocycles. The monoisotopic (exact) mass is 621 g/mol. The number of amides is 1. The van der Waals surface area contributed by atoms with Gasteiger partial charge in [0.2, 0.25) is 11.5 Å². The van der Waals surface area contributed by atoms with Crippen molar-refractivity contribution in [2.75, 3.05) is 5.32 Å². The lowest BCUT2D eigenvalue weighted by Gasteiger charge is -2.31. The molecule has 0 radical (unpaired) electrons. The van der Waals surface area contributed by atoms with Crippen LogP contribution in [0.4, 0.5) is 10.1 Å². The van der Waals surface area contributed by atoms with E-state index in [0.29, 0.717) is 17.9 Å². The van der Waals surface area contributed by atoms with Gasteiger partial charge in [-0.1, -0.05) is 30.9 Å². The zero-order chi connectivity index (χ0) is 31.1. The van der Waals surface area contributed by atoms with Crippen molar-refractivity contribution in [3.8, 4) is 11.4 Å². The number of fused-ring (bicyclic) bond motifs is 1. The topological polar surface area (TPSA) is 82.4 Å². The fourth-order valence-corrected chi connectivity index (χ4v) is 6.76. The Morgan fingerprint density at radius 1 is 1.02 bits per heavy atom. The molecule has 1 heterocycles. The summed E-state index contributed by atoms with van der Waals surface area (Å²) in [4.78, 5) is 27.0. The van der Waals surface area contributed by atoms with E-state index in [-0.39, 0.29) is 23.3 Å². The Hall–Kier alpha value is -3.39. The lowest BCUT2D eigenvalue weighted by molar-refractivity contribution is -0.165. The molecule has 0 bridgehead atoms. The lowest BCUT2D eigenvalue weighted by Crippen LogP contribution is -2.37. The first-order valence-electron chi connectivity index (χ1n) is 15.9. The van der Waals surface area contributed by atoms with Crippen LogP contribution in [0.15, 0.2) is 42.5 Å². The molecule has 3 aliphatic rings. The number of halogens is 2. The van der Waals surface area contributed by atoms with E-state index in [9.17, 15) is 9.59 Å². The highest BCUT2D eigenvalue weighted by Gasteiger charge is 2.55. The standard InChI is InChI=1S/C35H41ClFN3O4/c1-34(2,3)44-33(42)35(19-20-35)43-25-17-18-29(27(37)21-25)38-32(41)30(22-9-5-4-6-10-22)31-26-11-7-8-12-28(26)39-40(31)24-15-13-23(36)14-16-24/h13-18,21-22,30H,4-12,19-20H2,1-3H3,(H,38,41)/t30-/m1/s1. The van der Waals surface area contributed by atoms with Crippen molar-refractivity contribution >= 4 is 29.2 Å². The normalized spacial score (nSPS) is 18.7. The van der Waals surface area contributed by atoms with Crippen molar-refractivity contribution in [2.45, 2.75) is 109 Å². The summed E-state index contributed by atoms with van der Waals surface area (Å²) in [7, 11) is 0. The fraction of sp³-hybridized carbons (Fsp3) is 0.514. The van der Waals surface area contributed by atoms with Crippen LogP contribution < -0.4 is 10.1 Å². The first-order valence-corrected chi connectivity index (χ1v) is 16.3. The highest BCUT2D eigenvalue weighted by atomic mass is 35.5. The summed E-state index contributed by atoms with van der Waals surface area (Å²) in [5, 5.41) is 8.59. The van der Waals surface area contributed by atoms with Crippen LogP contribution in [-0.4, -0.2) is 32.9 Å².